The van der Waals surface area contributed by atoms with Gasteiger partial charge in [0.1, 0.15) is 0 Å². The highest BCUT2D eigenvalue weighted by Crippen LogP contribution is 2.51. The first kappa shape index (κ1) is 8.98. The highest BCUT2D eigenvalue weighted by atomic mass is 16.1. The summed E-state index contributed by atoms with van der Waals surface area (Å²) in [4.78, 5) is 12.1. The van der Waals surface area contributed by atoms with Gasteiger partial charge in [-0.2, -0.15) is 0 Å². The summed E-state index contributed by atoms with van der Waals surface area (Å²) in [5, 5.41) is 0. The van der Waals surface area contributed by atoms with Gasteiger partial charge in [0.05, 0.1) is 0 Å². The van der Waals surface area contributed by atoms with Crippen molar-refractivity contribution in [1.29, 1.82) is 0 Å². The maximum absolute atomic E-state index is 12.1. The topological polar surface area (TPSA) is 17.1 Å². The maximum Gasteiger partial charge on any atom is 0.164 e. The lowest BCUT2D eigenvalue weighted by molar-refractivity contribution is -0.124. The summed E-state index contributed by atoms with van der Waals surface area (Å²) in [5.41, 5.74) is 2.54. The fourth-order valence-corrected chi connectivity index (χ4v) is 3.05. The largest absolute Gasteiger partial charge is 0.294 e. The molecular weight excluding hydrogens is 160 g/mol. The molecule has 0 saturated heterocycles. The second kappa shape index (κ2) is 2.70. The summed E-state index contributed by atoms with van der Waals surface area (Å²) < 4.78 is 0. The van der Waals surface area contributed by atoms with E-state index in [1.54, 1.807) is 0 Å². The molecule has 1 heteroatoms. The van der Waals surface area contributed by atoms with Crippen LogP contribution in [-0.2, 0) is 4.79 Å². The number of carbonyl (C=O) groups is 1. The van der Waals surface area contributed by atoms with E-state index in [0.29, 0.717) is 5.78 Å². The van der Waals surface area contributed by atoms with Crippen molar-refractivity contribution in [3.8, 4) is 0 Å². The molecule has 0 radical (unpaired) electrons. The fraction of sp³-hybridized carbons (Fsp3) is 0.750. The molecule has 1 fully saturated rings. The van der Waals surface area contributed by atoms with Crippen LogP contribution in [0.5, 0.6) is 0 Å². The van der Waals surface area contributed by atoms with Crippen molar-refractivity contribution in [1.82, 2.24) is 0 Å². The number of allylic oxidation sites excluding steroid dienone is 2. The molecule has 0 N–H and O–H groups in total. The number of Topliss-reactive ketones (excluding diaryl/α,β-unsaturated/α-hetero) is 1. The van der Waals surface area contributed by atoms with E-state index in [-0.39, 0.29) is 5.41 Å². The van der Waals surface area contributed by atoms with Gasteiger partial charge >= 0.3 is 0 Å². The van der Waals surface area contributed by atoms with Gasteiger partial charge in [-0.1, -0.05) is 19.4 Å². The van der Waals surface area contributed by atoms with Crippen LogP contribution in [0.15, 0.2) is 11.1 Å². The van der Waals surface area contributed by atoms with E-state index in [2.05, 4.69) is 20.8 Å². The minimum Gasteiger partial charge on any atom is -0.294 e. The zero-order valence-corrected chi connectivity index (χ0v) is 8.81. The Morgan fingerprint density at radius 2 is 2.23 bits per heavy atom. The monoisotopic (exact) mass is 178 g/mol. The Hall–Kier alpha value is -0.590. The first-order valence-corrected chi connectivity index (χ1v) is 5.33. The molecule has 2 rings (SSSR count). The van der Waals surface area contributed by atoms with E-state index in [1.165, 1.54) is 12.0 Å². The van der Waals surface area contributed by atoms with Crippen LogP contribution in [0.25, 0.3) is 0 Å². The summed E-state index contributed by atoms with van der Waals surface area (Å²) in [7, 11) is 0. The molecular formula is C12H18O. The predicted molar refractivity (Wildman–Crippen MR) is 53.4 cm³/mol. The molecule has 0 heterocycles. The van der Waals surface area contributed by atoms with Crippen LogP contribution < -0.4 is 0 Å². The van der Waals surface area contributed by atoms with E-state index in [4.69, 9.17) is 0 Å². The number of carbonyl (C=O) groups excluding carboxylic acids is 1. The Morgan fingerprint density at radius 3 is 2.85 bits per heavy atom. The Morgan fingerprint density at radius 1 is 1.54 bits per heavy atom. The molecule has 0 amide bonds. The smallest absolute Gasteiger partial charge is 0.164 e. The average Bonchev–Trinajstić information content (AvgIpc) is 2.46. The lowest BCUT2D eigenvalue weighted by Gasteiger charge is -2.30. The van der Waals surface area contributed by atoms with Crippen molar-refractivity contribution in [3.63, 3.8) is 0 Å². The van der Waals surface area contributed by atoms with Crippen molar-refractivity contribution in [2.45, 2.75) is 46.5 Å². The summed E-state index contributed by atoms with van der Waals surface area (Å²) in [6.45, 7) is 6.41. The molecule has 1 saturated carbocycles. The Labute approximate surface area is 80.2 Å². The molecule has 0 aromatic rings. The van der Waals surface area contributed by atoms with Gasteiger partial charge in [-0.25, -0.2) is 0 Å². The standard InChI is InChI=1S/C12H18O/c1-4-10-8(2)9-5-6-12(3,7-9)11(10)13/h9H,4-7H2,1-3H3/t9-,12+/m0/s1. The first-order chi connectivity index (χ1) is 6.08. The molecule has 72 valence electrons. The summed E-state index contributed by atoms with van der Waals surface area (Å²) >= 11 is 0. The first-order valence-electron chi connectivity index (χ1n) is 5.33. The summed E-state index contributed by atoms with van der Waals surface area (Å²) in [6, 6.07) is 0. The zero-order valence-electron chi connectivity index (χ0n) is 8.81. The molecule has 2 aliphatic rings. The zero-order chi connectivity index (χ0) is 9.64. The highest BCUT2D eigenvalue weighted by molar-refractivity contribution is 6.01. The van der Waals surface area contributed by atoms with Crippen LogP contribution in [0.3, 0.4) is 0 Å². The molecule has 2 aliphatic carbocycles. The third-order valence-corrected chi connectivity index (χ3v) is 4.01. The Balaban J connectivity index is 2.46. The number of fused-ring (bicyclic) bond motifs is 2. The van der Waals surface area contributed by atoms with Crippen LogP contribution >= 0.6 is 0 Å². The van der Waals surface area contributed by atoms with Gasteiger partial charge in [0.15, 0.2) is 5.78 Å². The maximum atomic E-state index is 12.1. The van der Waals surface area contributed by atoms with Crippen LogP contribution in [-0.4, -0.2) is 5.78 Å². The molecule has 0 aromatic carbocycles. The van der Waals surface area contributed by atoms with Gasteiger partial charge in [-0.15, -0.1) is 0 Å². The summed E-state index contributed by atoms with van der Waals surface area (Å²) in [6.07, 6.45) is 4.38. The molecule has 1 nitrogen and oxygen atoms in total. The van der Waals surface area contributed by atoms with E-state index < -0.39 is 0 Å². The molecule has 2 atom stereocenters. The fourth-order valence-electron chi connectivity index (χ4n) is 3.05. The molecule has 0 aliphatic heterocycles. The molecule has 0 spiro atoms. The lowest BCUT2D eigenvalue weighted by Crippen LogP contribution is -2.30. The molecule has 2 bridgehead atoms. The van der Waals surface area contributed by atoms with Crippen LogP contribution in [0.1, 0.15) is 46.5 Å². The van der Waals surface area contributed by atoms with Crippen molar-refractivity contribution in [2.75, 3.05) is 0 Å². The van der Waals surface area contributed by atoms with Crippen molar-refractivity contribution in [2.24, 2.45) is 11.3 Å². The third-order valence-electron chi connectivity index (χ3n) is 4.01. The number of hydrogen-bond donors (Lipinski definition) is 0. The quantitative estimate of drug-likeness (QED) is 0.603. The van der Waals surface area contributed by atoms with E-state index in [9.17, 15) is 4.79 Å². The van der Waals surface area contributed by atoms with Crippen molar-refractivity contribution < 1.29 is 4.79 Å². The van der Waals surface area contributed by atoms with E-state index >= 15 is 0 Å². The SMILES string of the molecule is CCC1=C(C)[C@H]2CC[C@](C)(C2)C1=O. The van der Waals surface area contributed by atoms with Gasteiger partial charge < -0.3 is 0 Å². The average molecular weight is 178 g/mol. The van der Waals surface area contributed by atoms with E-state index in [0.717, 1.165) is 30.8 Å². The van der Waals surface area contributed by atoms with Crippen LogP contribution in [0.4, 0.5) is 0 Å². The van der Waals surface area contributed by atoms with Crippen LogP contribution in [0.2, 0.25) is 0 Å². The van der Waals surface area contributed by atoms with Gasteiger partial charge in [-0.3, -0.25) is 4.79 Å². The van der Waals surface area contributed by atoms with Crippen LogP contribution in [0, 0.1) is 11.3 Å². The molecule has 13 heavy (non-hydrogen) atoms. The van der Waals surface area contributed by atoms with Crippen molar-refractivity contribution in [3.05, 3.63) is 11.1 Å². The third kappa shape index (κ3) is 1.09. The van der Waals surface area contributed by atoms with Crippen molar-refractivity contribution >= 4 is 5.78 Å². The highest BCUT2D eigenvalue weighted by Gasteiger charge is 2.46. The lowest BCUT2D eigenvalue weighted by atomic mass is 9.73. The van der Waals surface area contributed by atoms with Gasteiger partial charge in [0.25, 0.3) is 0 Å². The summed E-state index contributed by atoms with van der Waals surface area (Å²) in [5.74, 6) is 1.17. The van der Waals surface area contributed by atoms with E-state index in [1.807, 2.05) is 0 Å². The number of ketones is 1. The molecule has 0 aromatic heterocycles. The van der Waals surface area contributed by atoms with Gasteiger partial charge in [0, 0.05) is 5.41 Å². The van der Waals surface area contributed by atoms with Gasteiger partial charge in [-0.05, 0) is 44.1 Å². The normalized spacial score (nSPS) is 38.7. The Kier molecular flexibility index (Phi) is 1.86. The Bertz CT molecular complexity index is 287. The minimum atomic E-state index is 0.00944. The minimum absolute atomic E-state index is 0.00944. The number of rotatable bonds is 1. The second-order valence-corrected chi connectivity index (χ2v) is 4.84. The predicted octanol–water partition coefficient (Wildman–Crippen LogP) is 3.10. The molecule has 0 unspecified atom stereocenters. The van der Waals surface area contributed by atoms with Gasteiger partial charge in [0.2, 0.25) is 0 Å². The second-order valence-electron chi connectivity index (χ2n) is 4.84. The number of hydrogen-bond acceptors (Lipinski definition) is 1.